The molecule has 42 heavy (non-hydrogen) atoms. The number of piperidine rings is 1. The van der Waals surface area contributed by atoms with Crippen molar-refractivity contribution in [2.24, 2.45) is 4.99 Å². The van der Waals surface area contributed by atoms with Crippen molar-refractivity contribution in [1.82, 2.24) is 15.2 Å². The van der Waals surface area contributed by atoms with Crippen LogP contribution in [0.15, 0.2) is 72.0 Å². The number of pyridine rings is 1. The summed E-state index contributed by atoms with van der Waals surface area (Å²) in [4.78, 5) is 27.0. The number of halogens is 1. The largest absolute Gasteiger partial charge is 0.491 e. The van der Waals surface area contributed by atoms with Crippen LogP contribution in [0.3, 0.4) is 0 Å². The number of urea groups is 1. The van der Waals surface area contributed by atoms with Crippen LogP contribution in [-0.2, 0) is 6.54 Å². The predicted octanol–water partition coefficient (Wildman–Crippen LogP) is 6.97. The number of carbonyl (C=O) groups excluding carboxylic acids is 1. The number of anilines is 1. The molecule has 220 valence electrons. The molecule has 0 atom stereocenters. The van der Waals surface area contributed by atoms with Gasteiger partial charge in [0.15, 0.2) is 0 Å². The fraction of sp³-hybridized carbons (Fsp3) is 0.441. The Hall–Kier alpha value is -3.78. The van der Waals surface area contributed by atoms with Crippen LogP contribution >= 0.6 is 0 Å². The van der Waals surface area contributed by atoms with E-state index in [1.54, 1.807) is 23.4 Å². The van der Waals surface area contributed by atoms with E-state index in [0.717, 1.165) is 55.2 Å². The van der Waals surface area contributed by atoms with Gasteiger partial charge in [-0.3, -0.25) is 14.8 Å². The van der Waals surface area contributed by atoms with Crippen LogP contribution in [0.5, 0.6) is 5.75 Å². The van der Waals surface area contributed by atoms with Crippen molar-refractivity contribution in [2.75, 3.05) is 18.0 Å². The quantitative estimate of drug-likeness (QED) is 0.333. The Morgan fingerprint density at radius 1 is 1.05 bits per heavy atom. The van der Waals surface area contributed by atoms with Crippen LogP contribution in [0.4, 0.5) is 14.9 Å². The van der Waals surface area contributed by atoms with Gasteiger partial charge in [0.25, 0.3) is 0 Å². The smallest absolute Gasteiger partial charge is 0.350 e. The van der Waals surface area contributed by atoms with Gasteiger partial charge in [0, 0.05) is 49.2 Å². The van der Waals surface area contributed by atoms with Gasteiger partial charge >= 0.3 is 6.03 Å². The monoisotopic (exact) mass is 569 g/mol. The zero-order chi connectivity index (χ0) is 29.1. The molecular weight excluding hydrogens is 529 g/mol. The maximum Gasteiger partial charge on any atom is 0.350 e. The summed E-state index contributed by atoms with van der Waals surface area (Å²) < 4.78 is 20.8. The number of hydrogen-bond acceptors (Lipinski definition) is 5. The second-order valence-electron chi connectivity index (χ2n) is 12.1. The van der Waals surface area contributed by atoms with Gasteiger partial charge in [-0.05, 0) is 81.5 Å². The van der Waals surface area contributed by atoms with Gasteiger partial charge in [0.05, 0.1) is 11.8 Å². The number of rotatable bonds is 7. The van der Waals surface area contributed by atoms with Crippen LogP contribution in [0, 0.1) is 5.82 Å². The summed E-state index contributed by atoms with van der Waals surface area (Å²) in [5.41, 5.74) is 2.69. The molecule has 1 N–H and O–H groups in total. The van der Waals surface area contributed by atoms with Crippen molar-refractivity contribution in [3.05, 3.63) is 78.4 Å². The van der Waals surface area contributed by atoms with Gasteiger partial charge in [-0.25, -0.2) is 9.18 Å². The number of ether oxygens (including phenoxy) is 1. The minimum Gasteiger partial charge on any atom is -0.491 e. The van der Waals surface area contributed by atoms with Gasteiger partial charge in [-0.1, -0.05) is 37.5 Å². The van der Waals surface area contributed by atoms with Crippen LogP contribution < -0.4 is 15.0 Å². The number of nitrogens with one attached hydrogen (secondary N) is 1. The molecule has 2 fully saturated rings. The van der Waals surface area contributed by atoms with E-state index in [2.05, 4.69) is 32.3 Å². The van der Waals surface area contributed by atoms with Crippen molar-refractivity contribution < 1.29 is 13.9 Å². The third-order valence-corrected chi connectivity index (χ3v) is 8.75. The molecule has 0 bridgehead atoms. The second kappa shape index (κ2) is 12.2. The number of aromatic nitrogens is 1. The van der Waals surface area contributed by atoms with Crippen molar-refractivity contribution >= 4 is 17.6 Å². The number of benzene rings is 2. The summed E-state index contributed by atoms with van der Waals surface area (Å²) in [5.74, 6) is 1.24. The highest BCUT2D eigenvalue weighted by molar-refractivity contribution is 6.17. The number of aliphatic imine (C=N–C) groups is 1. The van der Waals surface area contributed by atoms with Crippen molar-refractivity contribution in [2.45, 2.75) is 83.0 Å². The van der Waals surface area contributed by atoms with E-state index >= 15 is 0 Å². The van der Waals surface area contributed by atoms with E-state index in [9.17, 15) is 9.18 Å². The van der Waals surface area contributed by atoms with E-state index in [4.69, 9.17) is 4.74 Å². The molecule has 3 aliphatic rings. The van der Waals surface area contributed by atoms with Crippen LogP contribution in [0.1, 0.15) is 64.4 Å². The van der Waals surface area contributed by atoms with Crippen LogP contribution in [0.25, 0.3) is 11.1 Å². The topological polar surface area (TPSA) is 70.1 Å². The van der Waals surface area contributed by atoms with Crippen molar-refractivity contribution in [3.8, 4) is 16.9 Å². The summed E-state index contributed by atoms with van der Waals surface area (Å²) in [7, 11) is 0. The molecule has 2 amide bonds. The predicted molar refractivity (Wildman–Crippen MR) is 164 cm³/mol. The molecule has 1 aliphatic carbocycles. The lowest BCUT2D eigenvalue weighted by molar-refractivity contribution is 0.181. The number of likely N-dealkylation sites (tertiary alicyclic amines) is 1. The van der Waals surface area contributed by atoms with E-state index in [0.29, 0.717) is 24.6 Å². The maximum absolute atomic E-state index is 14.9. The van der Waals surface area contributed by atoms with Gasteiger partial charge in [-0.15, -0.1) is 0 Å². The molecule has 3 aromatic rings. The minimum absolute atomic E-state index is 0.120. The third kappa shape index (κ3) is 5.91. The SMILES string of the molecule is CC(C)Oc1cccc(CN2CCC3(CC2)C(NC2CCCCC2)=NC(=O)N3c2cc(F)ccc2-c2cccnc2)c1. The number of amides is 2. The molecule has 3 heterocycles. The zero-order valence-corrected chi connectivity index (χ0v) is 24.6. The molecule has 1 saturated carbocycles. The summed E-state index contributed by atoms with van der Waals surface area (Å²) in [5, 5.41) is 3.72. The maximum atomic E-state index is 14.9. The zero-order valence-electron chi connectivity index (χ0n) is 24.6. The molecule has 8 heteroatoms. The first-order chi connectivity index (χ1) is 20.4. The number of nitrogens with zero attached hydrogens (tertiary/aromatic N) is 4. The van der Waals surface area contributed by atoms with E-state index in [-0.39, 0.29) is 18.0 Å². The summed E-state index contributed by atoms with van der Waals surface area (Å²) in [6, 6.07) is 16.7. The first-order valence-corrected chi connectivity index (χ1v) is 15.3. The second-order valence-corrected chi connectivity index (χ2v) is 12.1. The molecule has 7 nitrogen and oxygen atoms in total. The number of carbonyl (C=O) groups is 1. The Bertz CT molecular complexity index is 1430. The molecule has 1 spiro atoms. The number of amidine groups is 1. The van der Waals surface area contributed by atoms with Crippen LogP contribution in [-0.4, -0.2) is 52.5 Å². The lowest BCUT2D eigenvalue weighted by atomic mass is 9.83. The molecule has 0 unspecified atom stereocenters. The van der Waals surface area contributed by atoms with E-state index < -0.39 is 5.54 Å². The van der Waals surface area contributed by atoms with Crippen LogP contribution in [0.2, 0.25) is 0 Å². The highest BCUT2D eigenvalue weighted by Crippen LogP contribution is 2.43. The summed E-state index contributed by atoms with van der Waals surface area (Å²) in [6.45, 7) is 6.42. The summed E-state index contributed by atoms with van der Waals surface area (Å²) in [6.07, 6.45) is 10.7. The Morgan fingerprint density at radius 3 is 2.60 bits per heavy atom. The van der Waals surface area contributed by atoms with Crippen molar-refractivity contribution in [3.63, 3.8) is 0 Å². The fourth-order valence-electron chi connectivity index (χ4n) is 6.72. The molecule has 1 saturated heterocycles. The highest BCUT2D eigenvalue weighted by Gasteiger charge is 2.52. The minimum atomic E-state index is -0.668. The van der Waals surface area contributed by atoms with Gasteiger partial charge in [0.2, 0.25) is 0 Å². The molecule has 0 radical (unpaired) electrons. The Labute approximate surface area is 247 Å². The molecule has 2 aliphatic heterocycles. The molecular formula is C34H40FN5O2. The van der Waals surface area contributed by atoms with Gasteiger partial charge < -0.3 is 10.1 Å². The molecule has 6 rings (SSSR count). The Morgan fingerprint density at radius 2 is 1.86 bits per heavy atom. The first-order valence-electron chi connectivity index (χ1n) is 15.3. The van der Waals surface area contributed by atoms with E-state index in [1.807, 2.05) is 38.1 Å². The molecule has 2 aromatic carbocycles. The Kier molecular flexibility index (Phi) is 8.24. The van der Waals surface area contributed by atoms with Crippen molar-refractivity contribution in [1.29, 1.82) is 0 Å². The summed E-state index contributed by atoms with van der Waals surface area (Å²) >= 11 is 0. The van der Waals surface area contributed by atoms with Gasteiger partial charge in [-0.2, -0.15) is 4.99 Å². The average Bonchev–Trinajstić information content (AvgIpc) is 3.24. The standard InChI is InChI=1S/C34H40FN5O2/c1-24(2)42-29-12-6-8-25(20-29)23-39-18-15-34(16-19-39)32(37-28-10-4-3-5-11-28)38-33(41)40(34)31-21-27(35)13-14-30(31)26-9-7-17-36-22-26/h6-9,12-14,17,20-22,24,28H,3-5,10-11,15-16,18-19,23H2,1-2H3,(H,37,38,41). The lowest BCUT2D eigenvalue weighted by Gasteiger charge is -2.46. The average molecular weight is 570 g/mol. The highest BCUT2D eigenvalue weighted by atomic mass is 19.1. The lowest BCUT2D eigenvalue weighted by Crippen LogP contribution is -2.62. The molecule has 1 aromatic heterocycles. The third-order valence-electron chi connectivity index (χ3n) is 8.75. The fourth-order valence-corrected chi connectivity index (χ4v) is 6.72. The van der Waals surface area contributed by atoms with Gasteiger partial charge in [0.1, 0.15) is 22.9 Å². The van der Waals surface area contributed by atoms with E-state index in [1.165, 1.54) is 37.0 Å². The first kappa shape index (κ1) is 28.3. The Balaban J connectivity index is 1.31. The normalized spacial score (nSPS) is 19.4. The number of hydrogen-bond donors (Lipinski definition) is 1.